The minimum atomic E-state index is -0.120. The van der Waals surface area contributed by atoms with Gasteiger partial charge in [-0.1, -0.05) is 53.7 Å². The Morgan fingerprint density at radius 2 is 1.97 bits per heavy atom. The lowest BCUT2D eigenvalue weighted by atomic mass is 10.1. The van der Waals surface area contributed by atoms with Gasteiger partial charge >= 0.3 is 0 Å². The van der Waals surface area contributed by atoms with Crippen molar-refractivity contribution >= 4 is 50.2 Å². The molecule has 1 amide bonds. The van der Waals surface area contributed by atoms with Gasteiger partial charge < -0.3 is 5.32 Å². The van der Waals surface area contributed by atoms with Crippen molar-refractivity contribution in [2.24, 2.45) is 5.92 Å². The van der Waals surface area contributed by atoms with Crippen molar-refractivity contribution in [3.05, 3.63) is 62.4 Å². The van der Waals surface area contributed by atoms with E-state index in [4.69, 9.17) is 0 Å². The molecular weight excluding hydrogens is 450 g/mol. The number of nitrogens with one attached hydrogen (secondary N) is 1. The number of hydrogen-bond acceptors (Lipinski definition) is 4. The zero-order valence-electron chi connectivity index (χ0n) is 17.0. The summed E-state index contributed by atoms with van der Waals surface area (Å²) in [4.78, 5) is 30.2. The largest absolute Gasteiger partial charge is 0.325 e. The van der Waals surface area contributed by atoms with Crippen LogP contribution in [0, 0.1) is 19.8 Å². The molecule has 1 aromatic heterocycles. The maximum absolute atomic E-state index is 13.0. The summed E-state index contributed by atoms with van der Waals surface area (Å²) in [5.74, 6) is 0.340. The van der Waals surface area contributed by atoms with E-state index in [1.807, 2.05) is 44.2 Å². The highest BCUT2D eigenvalue weighted by atomic mass is 79.9. The molecule has 1 heterocycles. The van der Waals surface area contributed by atoms with Crippen LogP contribution in [0.4, 0.5) is 5.69 Å². The zero-order chi connectivity index (χ0) is 21.1. The van der Waals surface area contributed by atoms with Gasteiger partial charge in [-0.05, 0) is 55.2 Å². The molecule has 0 aliphatic rings. The SMILES string of the molecule is Cc1ccc(C)c(NC(=O)CSc2nc3ccc(Br)cc3c(=O)n2CC(C)C)c1. The minimum Gasteiger partial charge on any atom is -0.325 e. The van der Waals surface area contributed by atoms with Crippen LogP contribution < -0.4 is 10.9 Å². The van der Waals surface area contributed by atoms with Gasteiger partial charge in [0, 0.05) is 16.7 Å². The lowest BCUT2D eigenvalue weighted by Crippen LogP contribution is -2.26. The highest BCUT2D eigenvalue weighted by Crippen LogP contribution is 2.22. The number of anilines is 1. The minimum absolute atomic E-state index is 0.0811. The summed E-state index contributed by atoms with van der Waals surface area (Å²) in [5, 5.41) is 4.10. The van der Waals surface area contributed by atoms with Crippen LogP contribution in [0.3, 0.4) is 0 Å². The van der Waals surface area contributed by atoms with Gasteiger partial charge in [0.1, 0.15) is 0 Å². The summed E-state index contributed by atoms with van der Waals surface area (Å²) >= 11 is 4.71. The average molecular weight is 474 g/mol. The molecule has 0 saturated carbocycles. The van der Waals surface area contributed by atoms with E-state index in [9.17, 15) is 9.59 Å². The number of hydrogen-bond donors (Lipinski definition) is 1. The van der Waals surface area contributed by atoms with E-state index in [0.717, 1.165) is 21.3 Å². The molecule has 3 aromatic rings. The van der Waals surface area contributed by atoms with Crippen molar-refractivity contribution in [3.63, 3.8) is 0 Å². The Kier molecular flexibility index (Phi) is 6.80. The molecule has 0 aliphatic carbocycles. The molecule has 29 heavy (non-hydrogen) atoms. The van der Waals surface area contributed by atoms with Gasteiger partial charge in [-0.2, -0.15) is 0 Å². The Morgan fingerprint density at radius 1 is 1.21 bits per heavy atom. The lowest BCUT2D eigenvalue weighted by molar-refractivity contribution is -0.113. The second kappa shape index (κ2) is 9.13. The van der Waals surface area contributed by atoms with Crippen LogP contribution in [0.5, 0.6) is 0 Å². The fourth-order valence-electron chi connectivity index (χ4n) is 3.00. The number of amides is 1. The van der Waals surface area contributed by atoms with Gasteiger partial charge in [-0.15, -0.1) is 0 Å². The number of halogens is 1. The van der Waals surface area contributed by atoms with Crippen LogP contribution in [0.25, 0.3) is 10.9 Å². The van der Waals surface area contributed by atoms with Gasteiger partial charge in [0.05, 0.1) is 16.7 Å². The molecule has 0 unspecified atom stereocenters. The van der Waals surface area contributed by atoms with Crippen LogP contribution in [0.2, 0.25) is 0 Å². The first-order chi connectivity index (χ1) is 13.7. The third-order valence-electron chi connectivity index (χ3n) is 4.43. The van der Waals surface area contributed by atoms with E-state index in [1.54, 1.807) is 10.6 Å². The number of aryl methyl sites for hydroxylation is 2. The summed E-state index contributed by atoms with van der Waals surface area (Å²) in [6.45, 7) is 8.62. The molecule has 3 rings (SSSR count). The lowest BCUT2D eigenvalue weighted by Gasteiger charge is -2.15. The van der Waals surface area contributed by atoms with Crippen molar-refractivity contribution in [2.45, 2.75) is 39.4 Å². The molecule has 2 aromatic carbocycles. The molecular formula is C22H24BrN3O2S. The van der Waals surface area contributed by atoms with Gasteiger partial charge in [-0.3, -0.25) is 14.2 Å². The van der Waals surface area contributed by atoms with Crippen molar-refractivity contribution in [2.75, 3.05) is 11.1 Å². The van der Waals surface area contributed by atoms with E-state index in [0.29, 0.717) is 22.6 Å². The second-order valence-electron chi connectivity index (χ2n) is 7.52. The third kappa shape index (κ3) is 5.28. The molecule has 152 valence electrons. The number of aromatic nitrogens is 2. The van der Waals surface area contributed by atoms with Crippen molar-refractivity contribution < 1.29 is 4.79 Å². The van der Waals surface area contributed by atoms with Crippen molar-refractivity contribution in [3.8, 4) is 0 Å². The van der Waals surface area contributed by atoms with Gasteiger partial charge in [0.25, 0.3) is 5.56 Å². The van der Waals surface area contributed by atoms with E-state index in [1.165, 1.54) is 11.8 Å². The normalized spacial score (nSPS) is 11.2. The van der Waals surface area contributed by atoms with Crippen LogP contribution in [0.1, 0.15) is 25.0 Å². The zero-order valence-corrected chi connectivity index (χ0v) is 19.4. The highest BCUT2D eigenvalue weighted by molar-refractivity contribution is 9.10. The molecule has 0 atom stereocenters. The first kappa shape index (κ1) is 21.6. The molecule has 0 bridgehead atoms. The summed E-state index contributed by atoms with van der Waals surface area (Å²) in [6.07, 6.45) is 0. The van der Waals surface area contributed by atoms with Crippen LogP contribution in [-0.2, 0) is 11.3 Å². The number of nitrogens with zero attached hydrogens (tertiary/aromatic N) is 2. The number of rotatable bonds is 6. The summed E-state index contributed by atoms with van der Waals surface area (Å²) in [5.41, 5.74) is 3.47. The molecule has 0 fully saturated rings. The third-order valence-corrected chi connectivity index (χ3v) is 5.90. The van der Waals surface area contributed by atoms with Gasteiger partial charge in [0.2, 0.25) is 5.91 Å². The highest BCUT2D eigenvalue weighted by Gasteiger charge is 2.15. The molecule has 1 N–H and O–H groups in total. The number of carbonyl (C=O) groups excluding carboxylic acids is 1. The van der Waals surface area contributed by atoms with E-state index < -0.39 is 0 Å². The van der Waals surface area contributed by atoms with Gasteiger partial charge in [0.15, 0.2) is 5.16 Å². The molecule has 0 aliphatic heterocycles. The summed E-state index contributed by atoms with van der Waals surface area (Å²) in [6, 6.07) is 11.4. The quantitative estimate of drug-likeness (QED) is 0.396. The topological polar surface area (TPSA) is 64.0 Å². The monoisotopic (exact) mass is 473 g/mol. The smallest absolute Gasteiger partial charge is 0.262 e. The van der Waals surface area contributed by atoms with Gasteiger partial charge in [-0.25, -0.2) is 4.98 Å². The Morgan fingerprint density at radius 3 is 2.69 bits per heavy atom. The maximum atomic E-state index is 13.0. The summed E-state index contributed by atoms with van der Waals surface area (Å²) in [7, 11) is 0. The van der Waals surface area contributed by atoms with Crippen LogP contribution in [-0.4, -0.2) is 21.2 Å². The molecule has 0 saturated heterocycles. The van der Waals surface area contributed by atoms with Crippen molar-refractivity contribution in [1.82, 2.24) is 9.55 Å². The van der Waals surface area contributed by atoms with Crippen LogP contribution in [0.15, 0.2) is 50.8 Å². The molecule has 5 nitrogen and oxygen atoms in total. The average Bonchev–Trinajstić information content (AvgIpc) is 2.66. The van der Waals surface area contributed by atoms with Crippen LogP contribution >= 0.6 is 27.7 Å². The number of fused-ring (bicyclic) bond motifs is 1. The second-order valence-corrected chi connectivity index (χ2v) is 9.38. The standard InChI is InChI=1S/C22H24BrN3O2S/c1-13(2)11-26-21(28)17-10-16(23)7-8-18(17)25-22(26)29-12-20(27)24-19-9-14(3)5-6-15(19)4/h5-10,13H,11-12H2,1-4H3,(H,24,27). The Balaban J connectivity index is 1.86. The predicted molar refractivity (Wildman–Crippen MR) is 124 cm³/mol. The Labute approximate surface area is 183 Å². The number of thioether (sulfide) groups is 1. The Bertz CT molecular complexity index is 1120. The van der Waals surface area contributed by atoms with Crippen molar-refractivity contribution in [1.29, 1.82) is 0 Å². The fraction of sp³-hybridized carbons (Fsp3) is 0.318. The Hall–Kier alpha value is -2.12. The number of benzene rings is 2. The fourth-order valence-corrected chi connectivity index (χ4v) is 4.17. The first-order valence-electron chi connectivity index (χ1n) is 9.44. The van der Waals surface area contributed by atoms with E-state index in [-0.39, 0.29) is 23.1 Å². The summed E-state index contributed by atoms with van der Waals surface area (Å²) < 4.78 is 2.52. The first-order valence-corrected chi connectivity index (χ1v) is 11.2. The molecule has 0 spiro atoms. The maximum Gasteiger partial charge on any atom is 0.262 e. The van der Waals surface area contributed by atoms with E-state index in [2.05, 4.69) is 40.1 Å². The molecule has 7 heteroatoms. The molecule has 0 radical (unpaired) electrons. The predicted octanol–water partition coefficient (Wildman–Crippen LogP) is 5.16. The van der Waals surface area contributed by atoms with E-state index >= 15 is 0 Å². The number of carbonyl (C=O) groups is 1.